The normalized spacial score (nSPS) is 11.1. The number of aromatic amines is 2. The van der Waals surface area contributed by atoms with E-state index in [-0.39, 0.29) is 11.1 Å². The van der Waals surface area contributed by atoms with Gasteiger partial charge in [-0.3, -0.25) is 9.59 Å². The van der Waals surface area contributed by atoms with Crippen molar-refractivity contribution in [1.82, 2.24) is 30.8 Å². The lowest BCUT2D eigenvalue weighted by atomic mass is 9.99. The maximum absolute atomic E-state index is 12.5. The van der Waals surface area contributed by atoms with Crippen molar-refractivity contribution in [3.8, 4) is 0 Å². The van der Waals surface area contributed by atoms with Crippen molar-refractivity contribution in [3.05, 3.63) is 47.5 Å². The molecule has 0 unspecified atom stereocenters. The molecule has 0 saturated carbocycles. The van der Waals surface area contributed by atoms with E-state index in [4.69, 9.17) is 0 Å². The van der Waals surface area contributed by atoms with Crippen LogP contribution in [0.2, 0.25) is 0 Å². The lowest BCUT2D eigenvalue weighted by molar-refractivity contribution is 0.0818. The number of hydrogen-bond acceptors (Lipinski definition) is 6. The van der Waals surface area contributed by atoms with Crippen molar-refractivity contribution in [1.29, 1.82) is 0 Å². The molecule has 2 heterocycles. The number of H-pyrrole nitrogens is 2. The van der Waals surface area contributed by atoms with Gasteiger partial charge in [0, 0.05) is 0 Å². The fourth-order valence-electron chi connectivity index (χ4n) is 2.35. The summed E-state index contributed by atoms with van der Waals surface area (Å²) in [4.78, 5) is 25.1. The van der Waals surface area contributed by atoms with Gasteiger partial charge >= 0.3 is 0 Å². The lowest BCUT2D eigenvalue weighted by Gasteiger charge is -2.01. The summed E-state index contributed by atoms with van der Waals surface area (Å²) in [5, 5.41) is 20.6. The van der Waals surface area contributed by atoms with E-state index in [1.807, 2.05) is 0 Å². The fraction of sp³-hybridized carbons (Fsp3) is 0. The summed E-state index contributed by atoms with van der Waals surface area (Å²) < 4.78 is 0. The summed E-state index contributed by atoms with van der Waals surface area (Å²) in [5.41, 5.74) is 2.20. The molecule has 2 aromatic heterocycles. The van der Waals surface area contributed by atoms with Crippen LogP contribution in [0.1, 0.15) is 20.7 Å². The maximum Gasteiger partial charge on any atom is 0.235 e. The number of aromatic nitrogens is 6. The first-order chi connectivity index (χ1) is 10.8. The average molecular weight is 292 g/mol. The van der Waals surface area contributed by atoms with Gasteiger partial charge in [0.05, 0.1) is 11.1 Å². The molecule has 0 spiro atoms. The molecule has 0 radical (unpaired) electrons. The van der Waals surface area contributed by atoms with Crippen LogP contribution < -0.4 is 0 Å². The van der Waals surface area contributed by atoms with Gasteiger partial charge in [-0.1, -0.05) is 12.1 Å². The van der Waals surface area contributed by atoms with Gasteiger partial charge in [-0.25, -0.2) is 0 Å². The Morgan fingerprint density at radius 1 is 0.682 bits per heavy atom. The van der Waals surface area contributed by atoms with Crippen LogP contribution in [0.3, 0.4) is 0 Å². The van der Waals surface area contributed by atoms with Crippen LogP contribution >= 0.6 is 0 Å². The molecule has 8 heteroatoms. The quantitative estimate of drug-likeness (QED) is 0.434. The number of ketones is 2. The third-order valence-corrected chi connectivity index (χ3v) is 3.39. The second-order valence-corrected chi connectivity index (χ2v) is 4.65. The molecule has 0 aliphatic carbocycles. The third-order valence-electron chi connectivity index (χ3n) is 3.39. The lowest BCUT2D eigenvalue weighted by Crippen LogP contribution is -2.15. The monoisotopic (exact) mass is 292 g/mol. The van der Waals surface area contributed by atoms with Crippen molar-refractivity contribution in [2.75, 3.05) is 0 Å². The van der Waals surface area contributed by atoms with Gasteiger partial charge in [-0.15, -0.1) is 0 Å². The van der Waals surface area contributed by atoms with Gasteiger partial charge in [0.1, 0.15) is 22.1 Å². The van der Waals surface area contributed by atoms with Gasteiger partial charge in [0.2, 0.25) is 11.6 Å². The highest BCUT2D eigenvalue weighted by atomic mass is 16.2. The number of carbonyl (C=O) groups excluding carboxylic acids is 2. The molecule has 8 nitrogen and oxygen atoms in total. The summed E-state index contributed by atoms with van der Waals surface area (Å²) in [6, 6.07) is 9.82. The third kappa shape index (κ3) is 1.71. The van der Waals surface area contributed by atoms with Crippen LogP contribution in [0.5, 0.6) is 0 Å². The van der Waals surface area contributed by atoms with Gasteiger partial charge in [0.15, 0.2) is 0 Å². The number of nitrogens with one attached hydrogen (secondary N) is 2. The van der Waals surface area contributed by atoms with Crippen LogP contribution in [0.15, 0.2) is 36.4 Å². The smallest absolute Gasteiger partial charge is 0.235 e. The molecule has 0 fully saturated rings. The van der Waals surface area contributed by atoms with Crippen molar-refractivity contribution < 1.29 is 9.59 Å². The number of benzene rings is 2. The second kappa shape index (κ2) is 4.55. The number of rotatable bonds is 3. The zero-order chi connectivity index (χ0) is 15.1. The Hall–Kier alpha value is -3.42. The molecule has 4 aromatic rings. The summed E-state index contributed by atoms with van der Waals surface area (Å²) in [5.74, 6) is -1.31. The molecule has 106 valence electrons. The predicted molar refractivity (Wildman–Crippen MR) is 76.4 cm³/mol. The Balaban J connectivity index is 1.84. The summed E-state index contributed by atoms with van der Waals surface area (Å²) in [7, 11) is 0. The largest absolute Gasteiger partial charge is 0.285 e. The predicted octanol–water partition coefficient (Wildman–Crippen LogP) is 1.29. The zero-order valence-corrected chi connectivity index (χ0v) is 11.1. The number of hydrogen-bond donors (Lipinski definition) is 2. The molecule has 22 heavy (non-hydrogen) atoms. The summed E-state index contributed by atoms with van der Waals surface area (Å²) in [6.07, 6.45) is 0. The molecule has 0 aliphatic heterocycles. The van der Waals surface area contributed by atoms with Crippen LogP contribution in [0.25, 0.3) is 22.1 Å². The minimum absolute atomic E-state index is 0.205. The molecule has 0 aliphatic rings. The SMILES string of the molecule is O=C(C(=O)c1cccc2n[nH]nc12)c1cccc2n[nH]nc12. The average Bonchev–Trinajstić information content (AvgIpc) is 3.21. The topological polar surface area (TPSA) is 117 Å². The van der Waals surface area contributed by atoms with Crippen LogP contribution in [0, 0.1) is 0 Å². The number of para-hydroxylation sites is 2. The van der Waals surface area contributed by atoms with Crippen molar-refractivity contribution in [3.63, 3.8) is 0 Å². The standard InChI is InChI=1S/C14H8N6O2/c21-13(7-3-1-5-9-11(7)17-19-15-9)14(22)8-4-2-6-10-12(8)18-20-16-10/h1-6H,(H,15,17,19)(H,16,18,20). The molecule has 0 atom stereocenters. The highest BCUT2D eigenvalue weighted by molar-refractivity contribution is 6.52. The summed E-state index contributed by atoms with van der Waals surface area (Å²) in [6.45, 7) is 0. The molecule has 0 bridgehead atoms. The maximum atomic E-state index is 12.5. The van der Waals surface area contributed by atoms with E-state index in [9.17, 15) is 9.59 Å². The molecular formula is C14H8N6O2. The van der Waals surface area contributed by atoms with Gasteiger partial charge in [-0.05, 0) is 24.3 Å². The first kappa shape index (κ1) is 12.3. The van der Waals surface area contributed by atoms with Crippen molar-refractivity contribution in [2.24, 2.45) is 0 Å². The Bertz CT molecular complexity index is 948. The van der Waals surface area contributed by atoms with Crippen LogP contribution in [-0.2, 0) is 0 Å². The van der Waals surface area contributed by atoms with Gasteiger partial charge in [-0.2, -0.15) is 30.8 Å². The van der Waals surface area contributed by atoms with Crippen molar-refractivity contribution >= 4 is 33.6 Å². The molecule has 0 saturated heterocycles. The van der Waals surface area contributed by atoms with E-state index in [0.717, 1.165) is 0 Å². The number of carbonyl (C=O) groups is 2. The summed E-state index contributed by atoms with van der Waals surface area (Å²) >= 11 is 0. The molecule has 2 N–H and O–H groups in total. The van der Waals surface area contributed by atoms with Crippen molar-refractivity contribution in [2.45, 2.75) is 0 Å². The van der Waals surface area contributed by atoms with E-state index in [2.05, 4.69) is 30.8 Å². The number of fused-ring (bicyclic) bond motifs is 2. The minimum atomic E-state index is -0.657. The number of nitrogens with zero attached hydrogens (tertiary/aromatic N) is 4. The molecule has 4 rings (SSSR count). The van der Waals surface area contributed by atoms with E-state index >= 15 is 0 Å². The molecule has 0 amide bonds. The fourth-order valence-corrected chi connectivity index (χ4v) is 2.35. The highest BCUT2D eigenvalue weighted by Crippen LogP contribution is 2.19. The van der Waals surface area contributed by atoms with Crippen LogP contribution in [-0.4, -0.2) is 42.4 Å². The highest BCUT2D eigenvalue weighted by Gasteiger charge is 2.24. The van der Waals surface area contributed by atoms with E-state index in [0.29, 0.717) is 22.1 Å². The Morgan fingerprint density at radius 2 is 1.14 bits per heavy atom. The minimum Gasteiger partial charge on any atom is -0.285 e. The number of Topliss-reactive ketones (excluding diaryl/α,β-unsaturated/α-hetero) is 2. The van der Waals surface area contributed by atoms with Gasteiger partial charge in [0.25, 0.3) is 0 Å². The second-order valence-electron chi connectivity index (χ2n) is 4.65. The van der Waals surface area contributed by atoms with Gasteiger partial charge < -0.3 is 0 Å². The zero-order valence-electron chi connectivity index (χ0n) is 11.1. The first-order valence-corrected chi connectivity index (χ1v) is 6.44. The first-order valence-electron chi connectivity index (χ1n) is 6.44. The molecule has 2 aromatic carbocycles. The van der Waals surface area contributed by atoms with Crippen LogP contribution in [0.4, 0.5) is 0 Å². The Morgan fingerprint density at radius 3 is 1.59 bits per heavy atom. The molecular weight excluding hydrogens is 284 g/mol. The van der Waals surface area contributed by atoms with E-state index in [1.54, 1.807) is 36.4 Å². The van der Waals surface area contributed by atoms with E-state index < -0.39 is 11.6 Å². The van der Waals surface area contributed by atoms with E-state index in [1.165, 1.54) is 0 Å². The Labute approximate surface area is 122 Å². The Kier molecular flexibility index (Phi) is 2.55.